The summed E-state index contributed by atoms with van der Waals surface area (Å²) < 4.78 is 19.1. The van der Waals surface area contributed by atoms with E-state index in [1.165, 1.54) is 12.1 Å². The predicted molar refractivity (Wildman–Crippen MR) is 81.3 cm³/mol. The van der Waals surface area contributed by atoms with Gasteiger partial charge in [0.2, 0.25) is 0 Å². The Balaban J connectivity index is 1.63. The molecule has 1 saturated carbocycles. The summed E-state index contributed by atoms with van der Waals surface area (Å²) in [7, 11) is 0. The van der Waals surface area contributed by atoms with Crippen LogP contribution in [-0.2, 0) is 0 Å². The monoisotopic (exact) mass is 309 g/mol. The van der Waals surface area contributed by atoms with Crippen molar-refractivity contribution in [2.45, 2.75) is 56.5 Å². The zero-order valence-corrected chi connectivity index (χ0v) is 12.7. The molecular weight excluding hydrogens is 285 g/mol. The van der Waals surface area contributed by atoms with Gasteiger partial charge < -0.3 is 14.9 Å². The van der Waals surface area contributed by atoms with Gasteiger partial charge in [0.05, 0.1) is 6.10 Å². The van der Waals surface area contributed by atoms with E-state index in [0.717, 1.165) is 45.2 Å². The van der Waals surface area contributed by atoms with Crippen LogP contribution in [0, 0.1) is 5.82 Å². The second kappa shape index (κ2) is 6.94. The van der Waals surface area contributed by atoms with Crippen molar-refractivity contribution in [3.63, 3.8) is 0 Å². The lowest BCUT2D eigenvalue weighted by Gasteiger charge is -2.43. The van der Waals surface area contributed by atoms with Crippen molar-refractivity contribution >= 4 is 0 Å². The van der Waals surface area contributed by atoms with Crippen LogP contribution < -0.4 is 4.74 Å². The Kier molecular flexibility index (Phi) is 4.96. The van der Waals surface area contributed by atoms with Crippen LogP contribution in [0.4, 0.5) is 4.39 Å². The topological polar surface area (TPSA) is 52.9 Å². The quantitative estimate of drug-likeness (QED) is 0.896. The standard InChI is InChI=1S/C17H24FNO3/c18-12-3-1-4-14(11-12)22-16-6-2-5-15(17(16)21)19-9-7-13(20)8-10-19/h1,3-4,11,13,15-17,20-21H,2,5-10H2/t15-,16+,17+/m0/s1. The molecule has 1 aromatic carbocycles. The summed E-state index contributed by atoms with van der Waals surface area (Å²) in [5, 5.41) is 20.3. The van der Waals surface area contributed by atoms with Crippen molar-refractivity contribution in [3.8, 4) is 5.75 Å². The molecule has 5 heteroatoms. The van der Waals surface area contributed by atoms with Crippen LogP contribution >= 0.6 is 0 Å². The number of aliphatic hydroxyl groups is 2. The molecule has 2 aliphatic rings. The molecule has 1 aliphatic heterocycles. The predicted octanol–water partition coefficient (Wildman–Crippen LogP) is 1.94. The molecule has 0 amide bonds. The minimum Gasteiger partial charge on any atom is -0.488 e. The van der Waals surface area contributed by atoms with Crippen LogP contribution in [0.25, 0.3) is 0 Å². The van der Waals surface area contributed by atoms with Gasteiger partial charge in [-0.3, -0.25) is 4.90 Å². The Hall–Kier alpha value is -1.17. The van der Waals surface area contributed by atoms with Gasteiger partial charge in [-0.25, -0.2) is 4.39 Å². The highest BCUT2D eigenvalue weighted by Gasteiger charge is 2.37. The van der Waals surface area contributed by atoms with E-state index in [1.807, 2.05) is 0 Å². The first-order valence-corrected chi connectivity index (χ1v) is 8.16. The van der Waals surface area contributed by atoms with Crippen LogP contribution in [0.2, 0.25) is 0 Å². The molecular formula is C17H24FNO3. The van der Waals surface area contributed by atoms with Crippen LogP contribution in [-0.4, -0.2) is 52.6 Å². The lowest BCUT2D eigenvalue weighted by Crippen LogP contribution is -2.55. The lowest BCUT2D eigenvalue weighted by molar-refractivity contribution is -0.0657. The first-order chi connectivity index (χ1) is 10.6. The zero-order chi connectivity index (χ0) is 15.5. The van der Waals surface area contributed by atoms with Gasteiger partial charge in [-0.2, -0.15) is 0 Å². The molecule has 0 aromatic heterocycles. The van der Waals surface area contributed by atoms with Gasteiger partial charge in [0.25, 0.3) is 0 Å². The number of hydrogen-bond acceptors (Lipinski definition) is 4. The van der Waals surface area contributed by atoms with Crippen molar-refractivity contribution in [1.29, 1.82) is 0 Å². The van der Waals surface area contributed by atoms with E-state index in [-0.39, 0.29) is 24.1 Å². The van der Waals surface area contributed by atoms with E-state index >= 15 is 0 Å². The molecule has 22 heavy (non-hydrogen) atoms. The Morgan fingerprint density at radius 3 is 2.59 bits per heavy atom. The molecule has 1 heterocycles. The first-order valence-electron chi connectivity index (χ1n) is 8.16. The van der Waals surface area contributed by atoms with Crippen molar-refractivity contribution in [2.75, 3.05) is 13.1 Å². The van der Waals surface area contributed by atoms with Gasteiger partial charge in [-0.1, -0.05) is 6.07 Å². The fraction of sp³-hybridized carbons (Fsp3) is 0.647. The maximum Gasteiger partial charge on any atom is 0.126 e. The van der Waals surface area contributed by atoms with E-state index in [9.17, 15) is 14.6 Å². The largest absolute Gasteiger partial charge is 0.488 e. The molecule has 2 fully saturated rings. The maximum absolute atomic E-state index is 13.2. The fourth-order valence-corrected chi connectivity index (χ4v) is 3.58. The van der Waals surface area contributed by atoms with Crippen molar-refractivity contribution in [2.24, 2.45) is 0 Å². The van der Waals surface area contributed by atoms with Gasteiger partial charge in [0.15, 0.2) is 0 Å². The number of hydrogen-bond donors (Lipinski definition) is 2. The van der Waals surface area contributed by atoms with E-state index in [4.69, 9.17) is 4.74 Å². The zero-order valence-electron chi connectivity index (χ0n) is 12.7. The number of ether oxygens (including phenoxy) is 1. The SMILES string of the molecule is OC1CCN([C@H]2CCC[C@@H](Oc3cccc(F)c3)[C@@H]2O)CC1. The third kappa shape index (κ3) is 3.59. The van der Waals surface area contributed by atoms with Crippen molar-refractivity contribution in [1.82, 2.24) is 4.90 Å². The Morgan fingerprint density at radius 1 is 1.09 bits per heavy atom. The average Bonchev–Trinajstić information content (AvgIpc) is 2.51. The minimum absolute atomic E-state index is 0.0693. The summed E-state index contributed by atoms with van der Waals surface area (Å²) in [4.78, 5) is 2.26. The van der Waals surface area contributed by atoms with Crippen LogP contribution in [0.5, 0.6) is 5.75 Å². The van der Waals surface area contributed by atoms with Gasteiger partial charge >= 0.3 is 0 Å². The Labute approximate surface area is 130 Å². The summed E-state index contributed by atoms with van der Waals surface area (Å²) in [6.07, 6.45) is 3.15. The molecule has 1 saturated heterocycles. The van der Waals surface area contributed by atoms with Gasteiger partial charge in [0, 0.05) is 25.2 Å². The summed E-state index contributed by atoms with van der Waals surface area (Å²) in [5.41, 5.74) is 0. The van der Waals surface area contributed by atoms with E-state index in [2.05, 4.69) is 4.90 Å². The Bertz CT molecular complexity index is 491. The number of likely N-dealkylation sites (tertiary alicyclic amines) is 1. The second-order valence-electron chi connectivity index (χ2n) is 6.37. The molecule has 0 bridgehead atoms. The number of piperidine rings is 1. The summed E-state index contributed by atoms with van der Waals surface area (Å²) in [5.74, 6) is 0.142. The molecule has 122 valence electrons. The third-order valence-electron chi connectivity index (χ3n) is 4.82. The number of nitrogens with zero attached hydrogens (tertiary/aromatic N) is 1. The van der Waals surface area contributed by atoms with Crippen molar-refractivity contribution in [3.05, 3.63) is 30.1 Å². The lowest BCUT2D eigenvalue weighted by atomic mass is 9.87. The smallest absolute Gasteiger partial charge is 0.126 e. The first kappa shape index (κ1) is 15.7. The highest BCUT2D eigenvalue weighted by molar-refractivity contribution is 5.23. The molecule has 4 nitrogen and oxygen atoms in total. The maximum atomic E-state index is 13.2. The van der Waals surface area contributed by atoms with Gasteiger partial charge in [-0.05, 0) is 44.2 Å². The number of halogens is 1. The molecule has 1 aromatic rings. The fourth-order valence-electron chi connectivity index (χ4n) is 3.58. The molecule has 0 spiro atoms. The highest BCUT2D eigenvalue weighted by Crippen LogP contribution is 2.29. The van der Waals surface area contributed by atoms with Gasteiger partial charge in [0.1, 0.15) is 23.8 Å². The molecule has 1 aliphatic carbocycles. The molecule has 0 radical (unpaired) electrons. The summed E-state index contributed by atoms with van der Waals surface area (Å²) >= 11 is 0. The highest BCUT2D eigenvalue weighted by atomic mass is 19.1. The summed E-state index contributed by atoms with van der Waals surface area (Å²) in [6, 6.07) is 6.14. The number of rotatable bonds is 3. The summed E-state index contributed by atoms with van der Waals surface area (Å²) in [6.45, 7) is 1.63. The normalized spacial score (nSPS) is 31.1. The molecule has 0 unspecified atom stereocenters. The van der Waals surface area contributed by atoms with E-state index in [0.29, 0.717) is 5.75 Å². The van der Waals surface area contributed by atoms with Crippen LogP contribution in [0.15, 0.2) is 24.3 Å². The molecule has 2 N–H and O–H groups in total. The van der Waals surface area contributed by atoms with E-state index in [1.54, 1.807) is 12.1 Å². The minimum atomic E-state index is -0.577. The Morgan fingerprint density at radius 2 is 1.86 bits per heavy atom. The number of benzene rings is 1. The average molecular weight is 309 g/mol. The third-order valence-corrected chi connectivity index (χ3v) is 4.82. The van der Waals surface area contributed by atoms with Crippen molar-refractivity contribution < 1.29 is 19.3 Å². The van der Waals surface area contributed by atoms with E-state index < -0.39 is 6.10 Å². The molecule has 3 atom stereocenters. The van der Waals surface area contributed by atoms with Crippen LogP contribution in [0.3, 0.4) is 0 Å². The number of aliphatic hydroxyl groups excluding tert-OH is 2. The molecule has 3 rings (SSSR count). The van der Waals surface area contributed by atoms with Gasteiger partial charge in [-0.15, -0.1) is 0 Å². The second-order valence-corrected chi connectivity index (χ2v) is 6.37. The van der Waals surface area contributed by atoms with Crippen LogP contribution in [0.1, 0.15) is 32.1 Å².